The fourth-order valence-electron chi connectivity index (χ4n) is 2.50. The van der Waals surface area contributed by atoms with E-state index in [1.165, 1.54) is 5.56 Å². The second-order valence-electron chi connectivity index (χ2n) is 5.41. The van der Waals surface area contributed by atoms with Gasteiger partial charge >= 0.3 is 0 Å². The number of rotatable bonds is 5. The summed E-state index contributed by atoms with van der Waals surface area (Å²) in [6, 6.07) is 6.11. The van der Waals surface area contributed by atoms with Gasteiger partial charge in [-0.3, -0.25) is 4.79 Å². The van der Waals surface area contributed by atoms with Gasteiger partial charge in [0.25, 0.3) is 0 Å². The molecule has 2 rings (SSSR count). The van der Waals surface area contributed by atoms with Crippen molar-refractivity contribution < 1.29 is 9.90 Å². The minimum absolute atomic E-state index is 0.159. The van der Waals surface area contributed by atoms with E-state index in [2.05, 4.69) is 22.0 Å². The Morgan fingerprint density at radius 1 is 1.50 bits per heavy atom. The maximum Gasteiger partial charge on any atom is 0.222 e. The summed E-state index contributed by atoms with van der Waals surface area (Å²) in [6.07, 6.45) is 1.01. The van der Waals surface area contributed by atoms with Gasteiger partial charge in [0, 0.05) is 43.3 Å². The molecule has 5 heteroatoms. The highest BCUT2D eigenvalue weighted by molar-refractivity contribution is 9.10. The van der Waals surface area contributed by atoms with Crippen LogP contribution in [0.4, 0.5) is 5.69 Å². The highest BCUT2D eigenvalue weighted by Gasteiger charge is 2.23. The van der Waals surface area contributed by atoms with Crippen molar-refractivity contribution >= 4 is 27.5 Å². The molecule has 1 aromatic rings. The van der Waals surface area contributed by atoms with E-state index in [-0.39, 0.29) is 5.91 Å². The van der Waals surface area contributed by atoms with Gasteiger partial charge in [-0.05, 0) is 37.1 Å². The number of carbonyl (C=O) groups is 1. The van der Waals surface area contributed by atoms with Gasteiger partial charge in [0.15, 0.2) is 0 Å². The van der Waals surface area contributed by atoms with E-state index in [4.69, 9.17) is 0 Å². The molecule has 1 unspecified atom stereocenters. The molecule has 0 aliphatic carbocycles. The van der Waals surface area contributed by atoms with Crippen LogP contribution in [0.5, 0.6) is 0 Å². The van der Waals surface area contributed by atoms with E-state index in [1.54, 1.807) is 4.90 Å². The SMILES string of the molecule is Cc1cc(N(C)CC(O)CN2CCCC2=O)ccc1Br. The molecular weight excluding hydrogens is 320 g/mol. The first-order chi connectivity index (χ1) is 9.47. The van der Waals surface area contributed by atoms with Gasteiger partial charge in [-0.25, -0.2) is 0 Å². The van der Waals surface area contributed by atoms with E-state index in [0.29, 0.717) is 19.5 Å². The Morgan fingerprint density at radius 2 is 2.25 bits per heavy atom. The molecule has 1 N–H and O–H groups in total. The second kappa shape index (κ2) is 6.59. The van der Waals surface area contributed by atoms with Gasteiger partial charge in [-0.2, -0.15) is 0 Å². The van der Waals surface area contributed by atoms with Crippen LogP contribution < -0.4 is 4.90 Å². The molecule has 20 heavy (non-hydrogen) atoms. The van der Waals surface area contributed by atoms with Crippen molar-refractivity contribution in [2.45, 2.75) is 25.9 Å². The average Bonchev–Trinajstić information content (AvgIpc) is 2.78. The summed E-state index contributed by atoms with van der Waals surface area (Å²) in [6.45, 7) is 3.77. The van der Waals surface area contributed by atoms with Crippen molar-refractivity contribution in [2.24, 2.45) is 0 Å². The van der Waals surface area contributed by atoms with Crippen LogP contribution >= 0.6 is 15.9 Å². The number of benzene rings is 1. The summed E-state index contributed by atoms with van der Waals surface area (Å²) in [7, 11) is 1.96. The Morgan fingerprint density at radius 3 is 2.85 bits per heavy atom. The summed E-state index contributed by atoms with van der Waals surface area (Å²) in [5.74, 6) is 0.159. The molecule has 1 heterocycles. The smallest absolute Gasteiger partial charge is 0.222 e. The fourth-order valence-corrected chi connectivity index (χ4v) is 2.74. The normalized spacial score (nSPS) is 16.6. The predicted octanol–water partition coefficient (Wildman–Crippen LogP) is 2.18. The molecule has 1 amide bonds. The van der Waals surface area contributed by atoms with Crippen LogP contribution in [0.1, 0.15) is 18.4 Å². The Labute approximate surface area is 128 Å². The molecule has 110 valence electrons. The van der Waals surface area contributed by atoms with Crippen molar-refractivity contribution in [1.29, 1.82) is 0 Å². The van der Waals surface area contributed by atoms with E-state index in [9.17, 15) is 9.90 Å². The average molecular weight is 341 g/mol. The molecule has 0 aromatic heterocycles. The predicted molar refractivity (Wildman–Crippen MR) is 84.0 cm³/mol. The molecule has 1 aliphatic rings. The Kier molecular flexibility index (Phi) is 5.05. The number of carbonyl (C=O) groups excluding carboxylic acids is 1. The lowest BCUT2D eigenvalue weighted by Gasteiger charge is -2.26. The van der Waals surface area contributed by atoms with Crippen molar-refractivity contribution in [2.75, 3.05) is 31.6 Å². The lowest BCUT2D eigenvalue weighted by molar-refractivity contribution is -0.128. The van der Waals surface area contributed by atoms with Gasteiger partial charge in [0.1, 0.15) is 0 Å². The zero-order chi connectivity index (χ0) is 14.7. The minimum Gasteiger partial charge on any atom is -0.389 e. The van der Waals surface area contributed by atoms with Crippen molar-refractivity contribution in [3.63, 3.8) is 0 Å². The molecule has 1 aliphatic heterocycles. The quantitative estimate of drug-likeness (QED) is 0.893. The van der Waals surface area contributed by atoms with Crippen LogP contribution in [0.25, 0.3) is 0 Å². The molecule has 0 spiro atoms. The minimum atomic E-state index is -0.522. The summed E-state index contributed by atoms with van der Waals surface area (Å²) < 4.78 is 1.08. The van der Waals surface area contributed by atoms with Crippen LogP contribution in [0.15, 0.2) is 22.7 Å². The third-order valence-corrected chi connectivity index (χ3v) is 4.56. The maximum atomic E-state index is 11.5. The summed E-state index contributed by atoms with van der Waals surface area (Å²) in [5, 5.41) is 10.1. The highest BCUT2D eigenvalue weighted by atomic mass is 79.9. The number of aliphatic hydroxyl groups is 1. The van der Waals surface area contributed by atoms with Crippen LogP contribution in [0, 0.1) is 6.92 Å². The van der Waals surface area contributed by atoms with Crippen LogP contribution in [0.2, 0.25) is 0 Å². The number of likely N-dealkylation sites (tertiary alicyclic amines) is 1. The number of β-amino-alcohol motifs (C(OH)–C–C–N with tert-alkyl or cyclic N) is 1. The van der Waals surface area contributed by atoms with Gasteiger partial charge in [0.05, 0.1) is 6.10 Å². The molecule has 0 radical (unpaired) electrons. The summed E-state index contributed by atoms with van der Waals surface area (Å²) >= 11 is 3.48. The number of nitrogens with zero attached hydrogens (tertiary/aromatic N) is 2. The van der Waals surface area contributed by atoms with E-state index < -0.39 is 6.10 Å². The summed E-state index contributed by atoms with van der Waals surface area (Å²) in [5.41, 5.74) is 2.23. The standard InChI is InChI=1S/C15H21BrN2O2/c1-11-8-12(5-6-14(11)16)17(2)9-13(19)10-18-7-3-4-15(18)20/h5-6,8,13,19H,3-4,7,9-10H2,1-2H3. The number of hydrogen-bond donors (Lipinski definition) is 1. The number of aryl methyl sites for hydroxylation is 1. The van der Waals surface area contributed by atoms with Crippen molar-refractivity contribution in [1.82, 2.24) is 4.90 Å². The monoisotopic (exact) mass is 340 g/mol. The lowest BCUT2D eigenvalue weighted by Crippen LogP contribution is -2.39. The zero-order valence-corrected chi connectivity index (χ0v) is 13.6. The number of anilines is 1. The van der Waals surface area contributed by atoms with Crippen LogP contribution in [-0.2, 0) is 4.79 Å². The van der Waals surface area contributed by atoms with Gasteiger partial charge in [-0.15, -0.1) is 0 Å². The topological polar surface area (TPSA) is 43.8 Å². The first-order valence-corrected chi connectivity index (χ1v) is 7.70. The van der Waals surface area contributed by atoms with Crippen molar-refractivity contribution in [3.8, 4) is 0 Å². The van der Waals surface area contributed by atoms with Gasteiger partial charge in [0.2, 0.25) is 5.91 Å². The third kappa shape index (κ3) is 3.73. The summed E-state index contributed by atoms with van der Waals surface area (Å²) in [4.78, 5) is 15.3. The number of halogens is 1. The Bertz CT molecular complexity index is 493. The molecule has 1 atom stereocenters. The van der Waals surface area contributed by atoms with E-state index in [0.717, 1.165) is 23.1 Å². The number of amides is 1. The largest absolute Gasteiger partial charge is 0.389 e. The van der Waals surface area contributed by atoms with E-state index in [1.807, 2.05) is 31.0 Å². The van der Waals surface area contributed by atoms with Gasteiger partial charge in [-0.1, -0.05) is 15.9 Å². The lowest BCUT2D eigenvalue weighted by atomic mass is 10.2. The Balaban J connectivity index is 1.91. The number of hydrogen-bond acceptors (Lipinski definition) is 3. The Hall–Kier alpha value is -1.07. The fraction of sp³-hybridized carbons (Fsp3) is 0.533. The van der Waals surface area contributed by atoms with Crippen molar-refractivity contribution in [3.05, 3.63) is 28.2 Å². The van der Waals surface area contributed by atoms with Crippen LogP contribution in [-0.4, -0.2) is 48.7 Å². The number of aliphatic hydroxyl groups excluding tert-OH is 1. The molecule has 1 fully saturated rings. The first kappa shape index (κ1) is 15.3. The molecule has 1 saturated heterocycles. The molecule has 0 saturated carbocycles. The zero-order valence-electron chi connectivity index (χ0n) is 12.0. The van der Waals surface area contributed by atoms with Gasteiger partial charge < -0.3 is 14.9 Å². The van der Waals surface area contributed by atoms with Crippen LogP contribution in [0.3, 0.4) is 0 Å². The van der Waals surface area contributed by atoms with E-state index >= 15 is 0 Å². The first-order valence-electron chi connectivity index (χ1n) is 6.90. The molecule has 1 aromatic carbocycles. The second-order valence-corrected chi connectivity index (χ2v) is 6.27. The molecule has 4 nitrogen and oxygen atoms in total. The highest BCUT2D eigenvalue weighted by Crippen LogP contribution is 2.22. The third-order valence-electron chi connectivity index (χ3n) is 3.67. The maximum absolute atomic E-state index is 11.5. The molecule has 0 bridgehead atoms. The molecular formula is C15H21BrN2O2. The number of likely N-dealkylation sites (N-methyl/N-ethyl adjacent to an activating group) is 1.